The summed E-state index contributed by atoms with van der Waals surface area (Å²) in [5.41, 5.74) is -3.71. The lowest BCUT2D eigenvalue weighted by Crippen LogP contribution is -2.58. The van der Waals surface area contributed by atoms with Crippen LogP contribution in [0.3, 0.4) is 0 Å². The zero-order valence-corrected chi connectivity index (χ0v) is 52.8. The Balaban J connectivity index is 1.80. The predicted octanol–water partition coefficient (Wildman–Crippen LogP) is 2.67. The Labute approximate surface area is 501 Å². The van der Waals surface area contributed by atoms with E-state index in [1.165, 1.54) is 24.3 Å². The molecule has 4 N–H and O–H groups in total. The third-order valence-corrected chi connectivity index (χ3v) is 12.7. The number of ether oxygens (including phenoxy) is 4. The summed E-state index contributed by atoms with van der Waals surface area (Å²) in [6.45, 7) is 27.7. The fraction of sp³-hybridized carbons (Fsp3) is 0.683. The molecule has 2 aliphatic heterocycles. The molecule has 2 aliphatic rings. The lowest BCUT2D eigenvalue weighted by Gasteiger charge is -2.37. The van der Waals surface area contributed by atoms with E-state index in [1.54, 1.807) is 116 Å². The van der Waals surface area contributed by atoms with Gasteiger partial charge in [-0.2, -0.15) is 0 Å². The Morgan fingerprint density at radius 2 is 1.00 bits per heavy atom. The molecule has 6 amide bonds. The van der Waals surface area contributed by atoms with Crippen molar-refractivity contribution >= 4 is 65.3 Å². The molecule has 85 heavy (non-hydrogen) atoms. The summed E-state index contributed by atoms with van der Waals surface area (Å²) in [4.78, 5) is 155. The fourth-order valence-electron chi connectivity index (χ4n) is 8.89. The van der Waals surface area contributed by atoms with Gasteiger partial charge < -0.3 is 44.9 Å². The van der Waals surface area contributed by atoms with Gasteiger partial charge in [0, 0.05) is 88.7 Å². The number of imide groups is 1. The first kappa shape index (κ1) is 72.4. The number of carbonyl (C=O) groups excluding carboxylic acids is 10. The van der Waals surface area contributed by atoms with E-state index >= 15 is 0 Å². The molecule has 1 aromatic carbocycles. The summed E-state index contributed by atoms with van der Waals surface area (Å²) in [6, 6.07) is 3.30. The predicted molar refractivity (Wildman–Crippen MR) is 314 cm³/mol. The number of amides is 6. The second-order valence-corrected chi connectivity index (χ2v) is 26.4. The molecule has 0 saturated carbocycles. The maximum absolute atomic E-state index is 14.4. The molecule has 25 nitrogen and oxygen atoms in total. The molecule has 1 saturated heterocycles. The highest BCUT2D eigenvalue weighted by Crippen LogP contribution is 2.19. The van der Waals surface area contributed by atoms with Crippen LogP contribution in [0.4, 0.5) is 0 Å². The van der Waals surface area contributed by atoms with Crippen LogP contribution in [0.2, 0.25) is 0 Å². The molecule has 2 atom stereocenters. The number of carboxylic acid groups (broad SMARTS) is 1. The number of hydrogen-bond acceptors (Lipinski definition) is 19. The van der Waals surface area contributed by atoms with E-state index < -0.39 is 112 Å². The van der Waals surface area contributed by atoms with Crippen LogP contribution >= 0.6 is 0 Å². The van der Waals surface area contributed by atoms with Crippen molar-refractivity contribution in [3.8, 4) is 0 Å². The van der Waals surface area contributed by atoms with Crippen molar-refractivity contribution in [3.63, 3.8) is 0 Å². The van der Waals surface area contributed by atoms with Gasteiger partial charge in [-0.05, 0) is 141 Å². The lowest BCUT2D eigenvalue weighted by atomic mass is 10.0. The van der Waals surface area contributed by atoms with E-state index in [0.717, 1.165) is 9.80 Å². The van der Waals surface area contributed by atoms with Gasteiger partial charge >= 0.3 is 29.8 Å². The molecule has 0 unspecified atom stereocenters. The van der Waals surface area contributed by atoms with Crippen molar-refractivity contribution in [2.45, 2.75) is 176 Å². The summed E-state index contributed by atoms with van der Waals surface area (Å²) in [7, 11) is 0. The zero-order chi connectivity index (χ0) is 64.3. The summed E-state index contributed by atoms with van der Waals surface area (Å²) >= 11 is 0. The van der Waals surface area contributed by atoms with Crippen LogP contribution in [-0.2, 0) is 73.4 Å². The van der Waals surface area contributed by atoms with Crippen LogP contribution in [0.15, 0.2) is 36.4 Å². The molecular formula is C60H95N9O16. The molecule has 2 heterocycles. The average Bonchev–Trinajstić information content (AvgIpc) is 3.36. The van der Waals surface area contributed by atoms with Gasteiger partial charge in [0.25, 0.3) is 17.7 Å². The van der Waals surface area contributed by atoms with Crippen molar-refractivity contribution < 1.29 is 76.8 Å². The van der Waals surface area contributed by atoms with Gasteiger partial charge in [0.05, 0.1) is 32.6 Å². The Hall–Kier alpha value is -6.83. The number of esters is 4. The highest BCUT2D eigenvalue weighted by Gasteiger charge is 2.37. The minimum Gasteiger partial charge on any atom is -0.481 e. The molecule has 0 spiro atoms. The summed E-state index contributed by atoms with van der Waals surface area (Å²) < 4.78 is 22.5. The first-order valence-corrected chi connectivity index (χ1v) is 29.0. The van der Waals surface area contributed by atoms with Crippen LogP contribution in [-0.4, -0.2) is 231 Å². The topological polar surface area (TPSA) is 300 Å². The Morgan fingerprint density at radius 3 is 1.41 bits per heavy atom. The van der Waals surface area contributed by atoms with E-state index in [1.807, 2.05) is 19.6 Å². The molecule has 25 heteroatoms. The molecule has 3 rings (SSSR count). The number of aliphatic carboxylic acids is 1. The number of unbranched alkanes of at least 4 members (excludes halogenated alkanes) is 1. The highest BCUT2D eigenvalue weighted by atomic mass is 16.6. The Kier molecular flexibility index (Phi) is 27.3. The van der Waals surface area contributed by atoms with E-state index in [2.05, 4.69) is 16.0 Å². The number of benzene rings is 1. The van der Waals surface area contributed by atoms with Gasteiger partial charge in [0.1, 0.15) is 41.0 Å². The van der Waals surface area contributed by atoms with Crippen molar-refractivity contribution in [3.05, 3.63) is 47.5 Å². The quantitative estimate of drug-likeness (QED) is 0.0501. The average molecular weight is 1200 g/mol. The van der Waals surface area contributed by atoms with Crippen LogP contribution < -0.4 is 16.0 Å². The van der Waals surface area contributed by atoms with Gasteiger partial charge in [-0.25, -0.2) is 4.79 Å². The fourth-order valence-corrected chi connectivity index (χ4v) is 8.89. The zero-order valence-electron chi connectivity index (χ0n) is 52.8. The molecule has 0 aliphatic carbocycles. The van der Waals surface area contributed by atoms with Crippen LogP contribution in [0, 0.1) is 0 Å². The summed E-state index contributed by atoms with van der Waals surface area (Å²) in [5.74, 6) is -7.26. The van der Waals surface area contributed by atoms with E-state index in [-0.39, 0.29) is 57.2 Å². The van der Waals surface area contributed by atoms with E-state index in [4.69, 9.17) is 18.9 Å². The van der Waals surface area contributed by atoms with Crippen LogP contribution in [0.25, 0.3) is 0 Å². The second-order valence-electron chi connectivity index (χ2n) is 26.4. The SMILES string of the molecule is CC(C)(C)OC(=O)CN1CCN(CC(=O)NCc2cccc(C(=O)N[C@@H](CC(=O)O)C(=O)N(CC(=O)N[C@@H](CCCCN3C(=O)C=CC3=O)C(=O)OC(C)(C)C)C(C)(C)C)c2)CCN(CC(=O)OC(C)(C)C)CCN(CC(=O)OC(C)(C)C)CC1. The largest absolute Gasteiger partial charge is 0.481 e. The number of carboxylic acids is 1. The van der Waals surface area contributed by atoms with Crippen molar-refractivity contribution in [2.24, 2.45) is 0 Å². The molecule has 1 aromatic rings. The van der Waals surface area contributed by atoms with Crippen LogP contribution in [0.1, 0.15) is 145 Å². The molecule has 476 valence electrons. The van der Waals surface area contributed by atoms with Crippen molar-refractivity contribution in [1.82, 2.24) is 45.3 Å². The molecule has 0 aromatic heterocycles. The number of hydrogen-bond donors (Lipinski definition) is 4. The third-order valence-electron chi connectivity index (χ3n) is 12.7. The number of nitrogens with zero attached hydrogens (tertiary/aromatic N) is 6. The number of nitrogens with one attached hydrogen (secondary N) is 3. The van der Waals surface area contributed by atoms with Gasteiger partial charge in [0.2, 0.25) is 17.7 Å². The number of rotatable bonds is 24. The first-order chi connectivity index (χ1) is 39.1. The summed E-state index contributed by atoms with van der Waals surface area (Å²) in [5, 5.41) is 18.0. The minimum atomic E-state index is -1.66. The highest BCUT2D eigenvalue weighted by molar-refractivity contribution is 6.12. The Bertz CT molecular complexity index is 2490. The first-order valence-electron chi connectivity index (χ1n) is 29.0. The summed E-state index contributed by atoms with van der Waals surface area (Å²) in [6.07, 6.45) is 2.15. The smallest absolute Gasteiger partial charge is 0.329 e. The monoisotopic (exact) mass is 1200 g/mol. The molecule has 0 bridgehead atoms. The van der Waals surface area contributed by atoms with Crippen molar-refractivity contribution in [1.29, 1.82) is 0 Å². The molecular weight excluding hydrogens is 1100 g/mol. The molecule has 1 fully saturated rings. The van der Waals surface area contributed by atoms with Crippen molar-refractivity contribution in [2.75, 3.05) is 91.6 Å². The maximum atomic E-state index is 14.4. The second kappa shape index (κ2) is 32.1. The van der Waals surface area contributed by atoms with E-state index in [9.17, 15) is 57.8 Å². The lowest BCUT2D eigenvalue weighted by molar-refractivity contribution is -0.159. The normalized spacial score (nSPS) is 16.5. The standard InChI is InChI=1S/C60H95N9O16/c1-56(2,3)69(37-46(71)62-43(55(81)85-60(13,14)15)21-16-17-24-68-47(72)22-23-48(68)73)54(80)44(34-49(74)75)63-53(79)42-20-18-19-41(33-42)35-61-45(70)36-64-25-27-65(38-50(76)82-57(4,5)6)29-31-67(40-52(78)84-59(10,11)12)32-30-66(28-26-64)39-51(77)83-58(7,8)9/h18-20,22-23,33,43-44H,16-17,21,24-32,34-40H2,1-15H3,(H,61,70)(H,62,71)(H,63,79)(H,74,75)/t43-,44-/m0/s1. The third kappa shape index (κ3) is 29.2. The maximum Gasteiger partial charge on any atom is 0.329 e. The van der Waals surface area contributed by atoms with Crippen LogP contribution in [0.5, 0.6) is 0 Å². The van der Waals surface area contributed by atoms with Gasteiger partial charge in [-0.15, -0.1) is 0 Å². The molecule has 0 radical (unpaired) electrons. The minimum absolute atomic E-state index is 0.0260. The van der Waals surface area contributed by atoms with Gasteiger partial charge in [0.15, 0.2) is 0 Å². The van der Waals surface area contributed by atoms with E-state index in [0.29, 0.717) is 70.8 Å². The Morgan fingerprint density at radius 1 is 0.565 bits per heavy atom. The number of carbonyl (C=O) groups is 11. The van der Waals surface area contributed by atoms with Gasteiger partial charge in [-0.1, -0.05) is 12.1 Å². The van der Waals surface area contributed by atoms with Gasteiger partial charge in [-0.3, -0.25) is 72.4 Å².